The van der Waals surface area contributed by atoms with Gasteiger partial charge in [0.15, 0.2) is 0 Å². The van der Waals surface area contributed by atoms with Gasteiger partial charge in [-0.3, -0.25) is 0 Å². The minimum Gasteiger partial charge on any atom is -0.310 e. The molecule has 2 aliphatic rings. The number of fused-ring (bicyclic) bond motifs is 14. The fourth-order valence-corrected chi connectivity index (χ4v) is 11.2. The number of anilines is 6. The first-order valence-electron chi connectivity index (χ1n) is 23.3. The van der Waals surface area contributed by atoms with E-state index in [-0.39, 0.29) is 11.6 Å². The molecule has 1 spiro atoms. The summed E-state index contributed by atoms with van der Waals surface area (Å²) in [6.07, 6.45) is 0. The minimum atomic E-state index is -0.619. The summed E-state index contributed by atoms with van der Waals surface area (Å²) in [6, 6.07) is 71.8. The molecule has 0 aromatic heterocycles. The Hall–Kier alpha value is -7.82. The highest BCUT2D eigenvalue weighted by atomic mass is 19.1. The molecule has 0 N–H and O–H groups in total. The molecule has 0 saturated heterocycles. The highest BCUT2D eigenvalue weighted by Crippen LogP contribution is 2.65. The maximum absolute atomic E-state index is 14.4. The Bertz CT molecular complexity index is 3300. The maximum atomic E-state index is 14.4. The van der Waals surface area contributed by atoms with Gasteiger partial charge in [-0.15, -0.1) is 0 Å². The molecule has 0 atom stereocenters. The SMILES string of the molecule is CC(C)c1ccc(N(c2ccc(F)cc2)c2ccc3c4c(ccc3c2)-c2ccc3cc(N(c5ccc(F)cc5)c5ccc(C(C)C)cc5)ccc3c2C42c3ccccc3-c3ccccc32)cc1. The second kappa shape index (κ2) is 15.7. The second-order valence-corrected chi connectivity index (χ2v) is 18.7. The molecule has 0 saturated carbocycles. The number of benzene rings is 10. The number of nitrogens with zero attached hydrogens (tertiary/aromatic N) is 2. The molecule has 0 unspecified atom stereocenters. The molecular formula is C63H48F2N2. The van der Waals surface area contributed by atoms with Crippen LogP contribution in [0.3, 0.4) is 0 Å². The van der Waals surface area contributed by atoms with Crippen LogP contribution >= 0.6 is 0 Å². The van der Waals surface area contributed by atoms with Crippen molar-refractivity contribution in [3.05, 3.63) is 251 Å². The molecule has 10 aromatic rings. The Kier molecular flexibility index (Phi) is 9.51. The normalized spacial score (nSPS) is 13.0. The minimum absolute atomic E-state index is 0.264. The fraction of sp³-hybridized carbons (Fsp3) is 0.111. The molecule has 324 valence electrons. The molecule has 67 heavy (non-hydrogen) atoms. The molecule has 0 fully saturated rings. The first-order chi connectivity index (χ1) is 32.7. The molecule has 0 amide bonds. The van der Waals surface area contributed by atoms with Crippen LogP contribution in [0.5, 0.6) is 0 Å². The lowest BCUT2D eigenvalue weighted by molar-refractivity contribution is 0.627. The van der Waals surface area contributed by atoms with Crippen LogP contribution in [0.25, 0.3) is 43.8 Å². The summed E-state index contributed by atoms with van der Waals surface area (Å²) in [4.78, 5) is 4.44. The van der Waals surface area contributed by atoms with Gasteiger partial charge in [-0.2, -0.15) is 0 Å². The summed E-state index contributed by atoms with van der Waals surface area (Å²) in [5, 5.41) is 4.63. The first-order valence-corrected chi connectivity index (χ1v) is 23.3. The van der Waals surface area contributed by atoms with Crippen LogP contribution in [0, 0.1) is 11.6 Å². The Morgan fingerprint density at radius 1 is 0.343 bits per heavy atom. The molecule has 4 heteroatoms. The van der Waals surface area contributed by atoms with Gasteiger partial charge in [-0.25, -0.2) is 8.78 Å². The van der Waals surface area contributed by atoms with E-state index in [2.05, 4.69) is 195 Å². The third kappa shape index (κ3) is 6.34. The summed E-state index contributed by atoms with van der Waals surface area (Å²) >= 11 is 0. The van der Waals surface area contributed by atoms with E-state index >= 15 is 0 Å². The van der Waals surface area contributed by atoms with Gasteiger partial charge in [0.1, 0.15) is 11.6 Å². The lowest BCUT2D eigenvalue weighted by Gasteiger charge is -2.33. The Labute approximate surface area is 391 Å². The summed E-state index contributed by atoms with van der Waals surface area (Å²) in [5.41, 5.74) is 17.8. The van der Waals surface area contributed by atoms with Crippen molar-refractivity contribution in [2.75, 3.05) is 9.80 Å². The average molecular weight is 871 g/mol. The number of halogens is 2. The molecule has 0 radical (unpaired) electrons. The van der Waals surface area contributed by atoms with Crippen molar-refractivity contribution in [3.63, 3.8) is 0 Å². The van der Waals surface area contributed by atoms with E-state index in [0.29, 0.717) is 11.8 Å². The predicted octanol–water partition coefficient (Wildman–Crippen LogP) is 17.8. The van der Waals surface area contributed by atoms with Gasteiger partial charge in [0.05, 0.1) is 5.41 Å². The maximum Gasteiger partial charge on any atom is 0.123 e. The summed E-state index contributed by atoms with van der Waals surface area (Å²) in [6.45, 7) is 8.83. The van der Waals surface area contributed by atoms with Crippen molar-refractivity contribution in [2.24, 2.45) is 0 Å². The van der Waals surface area contributed by atoms with Gasteiger partial charge in [0, 0.05) is 34.1 Å². The molecule has 2 nitrogen and oxygen atoms in total. The van der Waals surface area contributed by atoms with E-state index in [9.17, 15) is 8.78 Å². The van der Waals surface area contributed by atoms with Crippen LogP contribution in [0.15, 0.2) is 206 Å². The van der Waals surface area contributed by atoms with E-state index < -0.39 is 5.41 Å². The quantitative estimate of drug-likeness (QED) is 0.150. The van der Waals surface area contributed by atoms with Crippen LogP contribution in [0.2, 0.25) is 0 Å². The van der Waals surface area contributed by atoms with E-state index in [1.54, 1.807) is 0 Å². The van der Waals surface area contributed by atoms with Gasteiger partial charge in [-0.05, 0) is 186 Å². The van der Waals surface area contributed by atoms with Gasteiger partial charge >= 0.3 is 0 Å². The van der Waals surface area contributed by atoms with Crippen molar-refractivity contribution in [3.8, 4) is 22.3 Å². The van der Waals surface area contributed by atoms with Crippen molar-refractivity contribution in [1.82, 2.24) is 0 Å². The van der Waals surface area contributed by atoms with Gasteiger partial charge < -0.3 is 9.80 Å². The Morgan fingerprint density at radius 3 is 1.06 bits per heavy atom. The topological polar surface area (TPSA) is 6.48 Å². The molecule has 0 bridgehead atoms. The second-order valence-electron chi connectivity index (χ2n) is 18.7. The third-order valence-corrected chi connectivity index (χ3v) is 14.3. The standard InChI is InChI=1S/C63H48F2N2/c1-39(2)41-13-23-47(24-14-41)66(49-27-19-45(64)20-28-49)51-31-35-53-43(37-51)17-33-57-58-34-18-44-38-52(67(50-29-21-46(65)22-30-50)48-25-15-42(16-26-48)40(3)4)32-36-54(44)62(58)63(61(53)57)59-11-7-5-9-55(59)56-10-6-8-12-60(56)63/h5-40H,1-4H3. The fourth-order valence-electron chi connectivity index (χ4n) is 11.2. The lowest BCUT2D eigenvalue weighted by Crippen LogP contribution is -2.26. The van der Waals surface area contributed by atoms with E-state index in [1.807, 2.05) is 24.3 Å². The molecule has 10 aromatic carbocycles. The largest absolute Gasteiger partial charge is 0.310 e. The van der Waals surface area contributed by atoms with Crippen LogP contribution in [0.1, 0.15) is 72.9 Å². The molecule has 0 aliphatic heterocycles. The van der Waals surface area contributed by atoms with Crippen LogP contribution < -0.4 is 9.80 Å². The number of hydrogen-bond acceptors (Lipinski definition) is 2. The average Bonchev–Trinajstić information content (AvgIpc) is 3.83. The lowest BCUT2D eigenvalue weighted by atomic mass is 9.68. The van der Waals surface area contributed by atoms with Gasteiger partial charge in [0.25, 0.3) is 0 Å². The van der Waals surface area contributed by atoms with Crippen molar-refractivity contribution >= 4 is 55.7 Å². The van der Waals surface area contributed by atoms with Gasteiger partial charge in [-0.1, -0.05) is 137 Å². The first kappa shape index (κ1) is 40.7. The third-order valence-electron chi connectivity index (χ3n) is 14.3. The predicted molar refractivity (Wildman–Crippen MR) is 275 cm³/mol. The Morgan fingerprint density at radius 2 is 0.687 bits per heavy atom. The van der Waals surface area contributed by atoms with E-state index in [0.717, 1.165) is 44.9 Å². The molecular weight excluding hydrogens is 823 g/mol. The van der Waals surface area contributed by atoms with Crippen LogP contribution in [0.4, 0.5) is 42.9 Å². The highest BCUT2D eigenvalue weighted by molar-refractivity contribution is 6.10. The van der Waals surface area contributed by atoms with E-state index in [4.69, 9.17) is 0 Å². The summed E-state index contributed by atoms with van der Waals surface area (Å²) in [5.74, 6) is 0.280. The van der Waals surface area contributed by atoms with Crippen molar-refractivity contribution in [1.29, 1.82) is 0 Å². The monoisotopic (exact) mass is 870 g/mol. The smallest absolute Gasteiger partial charge is 0.123 e. The summed E-state index contributed by atoms with van der Waals surface area (Å²) in [7, 11) is 0. The zero-order valence-corrected chi connectivity index (χ0v) is 37.9. The summed E-state index contributed by atoms with van der Waals surface area (Å²) < 4.78 is 28.8. The Balaban J connectivity index is 1.08. The molecule has 12 rings (SSSR count). The number of hydrogen-bond donors (Lipinski definition) is 0. The van der Waals surface area contributed by atoms with Gasteiger partial charge in [0.2, 0.25) is 0 Å². The molecule has 2 aliphatic carbocycles. The van der Waals surface area contributed by atoms with Crippen molar-refractivity contribution < 1.29 is 8.78 Å². The zero-order valence-electron chi connectivity index (χ0n) is 37.9. The molecule has 0 heterocycles. The number of rotatable bonds is 8. The van der Waals surface area contributed by atoms with Crippen LogP contribution in [-0.2, 0) is 5.41 Å². The van der Waals surface area contributed by atoms with Crippen molar-refractivity contribution in [2.45, 2.75) is 44.9 Å². The van der Waals surface area contributed by atoms with E-state index in [1.165, 1.54) is 90.7 Å². The van der Waals surface area contributed by atoms with Crippen LogP contribution in [-0.4, -0.2) is 0 Å². The highest BCUT2D eigenvalue weighted by Gasteiger charge is 2.53. The zero-order chi connectivity index (χ0) is 45.6.